The molecule has 0 radical (unpaired) electrons. The lowest BCUT2D eigenvalue weighted by molar-refractivity contribution is 0.0791. The van der Waals surface area contributed by atoms with Crippen molar-refractivity contribution < 1.29 is 9.59 Å². The Morgan fingerprint density at radius 2 is 2.39 bits per heavy atom. The molecule has 18 heavy (non-hydrogen) atoms. The molecule has 0 aromatic carbocycles. The van der Waals surface area contributed by atoms with Crippen LogP contribution in [-0.2, 0) is 13.5 Å². The Morgan fingerprint density at radius 1 is 1.56 bits per heavy atom. The van der Waals surface area contributed by atoms with Crippen LogP contribution in [0.15, 0.2) is 23.8 Å². The van der Waals surface area contributed by atoms with Crippen LogP contribution in [0.5, 0.6) is 0 Å². The average molecular weight is 260 g/mol. The van der Waals surface area contributed by atoms with Crippen molar-refractivity contribution in [2.75, 3.05) is 0 Å². The first-order valence-electron chi connectivity index (χ1n) is 5.80. The molecule has 0 fully saturated rings. The van der Waals surface area contributed by atoms with Crippen molar-refractivity contribution in [1.82, 2.24) is 9.78 Å². The van der Waals surface area contributed by atoms with Gasteiger partial charge in [0.1, 0.15) is 0 Å². The summed E-state index contributed by atoms with van der Waals surface area (Å²) in [5.74, 6) is -0.674. The highest BCUT2D eigenvalue weighted by atomic mass is 32.1. The predicted molar refractivity (Wildman–Crippen MR) is 68.0 cm³/mol. The van der Waals surface area contributed by atoms with Gasteiger partial charge in [-0.05, 0) is 24.3 Å². The summed E-state index contributed by atoms with van der Waals surface area (Å²) in [6.07, 6.45) is 4.62. The van der Waals surface area contributed by atoms with Gasteiger partial charge in [-0.2, -0.15) is 5.10 Å². The van der Waals surface area contributed by atoms with E-state index < -0.39 is 5.92 Å². The molecular weight excluding hydrogens is 248 g/mol. The first-order valence-corrected chi connectivity index (χ1v) is 6.68. The number of fused-ring (bicyclic) bond motifs is 1. The van der Waals surface area contributed by atoms with Crippen molar-refractivity contribution in [3.8, 4) is 0 Å². The van der Waals surface area contributed by atoms with Gasteiger partial charge in [-0.15, -0.1) is 11.3 Å². The van der Waals surface area contributed by atoms with Crippen LogP contribution in [0.2, 0.25) is 0 Å². The van der Waals surface area contributed by atoms with Gasteiger partial charge in [0.25, 0.3) is 0 Å². The van der Waals surface area contributed by atoms with E-state index >= 15 is 0 Å². The minimum absolute atomic E-state index is 0.0358. The lowest BCUT2D eigenvalue weighted by Gasteiger charge is -2.18. The van der Waals surface area contributed by atoms with Gasteiger partial charge in [-0.25, -0.2) is 0 Å². The van der Waals surface area contributed by atoms with Crippen LogP contribution in [0, 0.1) is 5.92 Å². The fraction of sp³-hybridized carbons (Fsp3) is 0.308. The monoisotopic (exact) mass is 260 g/mol. The van der Waals surface area contributed by atoms with E-state index in [1.807, 2.05) is 11.4 Å². The third-order valence-electron chi connectivity index (χ3n) is 3.29. The summed E-state index contributed by atoms with van der Waals surface area (Å²) in [6, 6.07) is 1.82. The van der Waals surface area contributed by atoms with E-state index in [4.69, 9.17) is 0 Å². The van der Waals surface area contributed by atoms with Crippen molar-refractivity contribution >= 4 is 22.9 Å². The van der Waals surface area contributed by atoms with Crippen molar-refractivity contribution in [1.29, 1.82) is 0 Å². The van der Waals surface area contributed by atoms with E-state index in [0.717, 1.165) is 16.9 Å². The molecule has 0 aliphatic heterocycles. The Morgan fingerprint density at radius 3 is 3.11 bits per heavy atom. The first-order chi connectivity index (χ1) is 8.66. The second-order valence-electron chi connectivity index (χ2n) is 4.48. The van der Waals surface area contributed by atoms with Crippen LogP contribution in [-0.4, -0.2) is 21.3 Å². The van der Waals surface area contributed by atoms with Crippen LogP contribution >= 0.6 is 11.3 Å². The minimum atomic E-state index is -0.531. The Kier molecular flexibility index (Phi) is 2.63. The van der Waals surface area contributed by atoms with Gasteiger partial charge in [0.2, 0.25) is 0 Å². The smallest absolute Gasteiger partial charge is 0.176 e. The van der Waals surface area contributed by atoms with E-state index in [0.29, 0.717) is 12.0 Å². The van der Waals surface area contributed by atoms with E-state index in [-0.39, 0.29) is 11.6 Å². The van der Waals surface area contributed by atoms with Gasteiger partial charge >= 0.3 is 0 Å². The lowest BCUT2D eigenvalue weighted by Crippen LogP contribution is -2.28. The van der Waals surface area contributed by atoms with Crippen LogP contribution in [0.4, 0.5) is 0 Å². The van der Waals surface area contributed by atoms with Gasteiger partial charge in [0.05, 0.1) is 17.7 Å². The highest BCUT2D eigenvalue weighted by molar-refractivity contribution is 7.10. The molecule has 2 aromatic rings. The number of Topliss-reactive ketones (excluding diaryl/α,β-unsaturated/α-hetero) is 2. The van der Waals surface area contributed by atoms with E-state index in [2.05, 4.69) is 5.10 Å². The Labute approximate surface area is 108 Å². The third-order valence-corrected chi connectivity index (χ3v) is 4.27. The molecular formula is C13H12N2O2S. The summed E-state index contributed by atoms with van der Waals surface area (Å²) >= 11 is 1.59. The lowest BCUT2D eigenvalue weighted by atomic mass is 9.83. The Bertz CT molecular complexity index is 626. The highest BCUT2D eigenvalue weighted by Gasteiger charge is 2.34. The number of aryl methyl sites for hydroxylation is 2. The SMILES string of the molecule is Cn1cc(C(=O)C2CCc3sccc3C2=O)cn1. The largest absolute Gasteiger partial charge is 0.293 e. The van der Waals surface area contributed by atoms with Gasteiger partial charge < -0.3 is 0 Å². The summed E-state index contributed by atoms with van der Waals surface area (Å²) < 4.78 is 1.58. The zero-order valence-electron chi connectivity index (χ0n) is 9.92. The van der Waals surface area contributed by atoms with Gasteiger partial charge in [0.15, 0.2) is 11.6 Å². The zero-order chi connectivity index (χ0) is 12.7. The fourth-order valence-electron chi connectivity index (χ4n) is 2.35. The summed E-state index contributed by atoms with van der Waals surface area (Å²) in [5.41, 5.74) is 1.25. The second-order valence-corrected chi connectivity index (χ2v) is 5.48. The maximum atomic E-state index is 12.3. The van der Waals surface area contributed by atoms with Crippen molar-refractivity contribution in [3.63, 3.8) is 0 Å². The molecule has 0 bridgehead atoms. The number of carbonyl (C=O) groups excluding carboxylic acids is 2. The molecule has 0 saturated carbocycles. The quantitative estimate of drug-likeness (QED) is 0.614. The Hall–Kier alpha value is -1.75. The van der Waals surface area contributed by atoms with Gasteiger partial charge in [0, 0.05) is 23.7 Å². The summed E-state index contributed by atoms with van der Waals surface area (Å²) in [4.78, 5) is 25.6. The fourth-order valence-corrected chi connectivity index (χ4v) is 3.25. The first kappa shape index (κ1) is 11.3. The molecule has 2 heterocycles. The van der Waals surface area contributed by atoms with Crippen LogP contribution in [0.1, 0.15) is 32.0 Å². The molecule has 0 amide bonds. The summed E-state index contributed by atoms with van der Waals surface area (Å²) in [5, 5.41) is 5.89. The number of hydrogen-bond acceptors (Lipinski definition) is 4. The molecule has 2 aromatic heterocycles. The highest BCUT2D eigenvalue weighted by Crippen LogP contribution is 2.31. The second kappa shape index (κ2) is 4.17. The molecule has 1 aliphatic carbocycles. The molecule has 92 valence electrons. The van der Waals surface area contributed by atoms with E-state index in [9.17, 15) is 9.59 Å². The van der Waals surface area contributed by atoms with Crippen molar-refractivity contribution in [2.45, 2.75) is 12.8 Å². The molecule has 1 atom stereocenters. The van der Waals surface area contributed by atoms with Crippen LogP contribution in [0.3, 0.4) is 0 Å². The number of ketones is 2. The van der Waals surface area contributed by atoms with E-state index in [1.54, 1.807) is 29.3 Å². The molecule has 4 nitrogen and oxygen atoms in total. The van der Waals surface area contributed by atoms with Gasteiger partial charge in [-0.1, -0.05) is 0 Å². The average Bonchev–Trinajstić information content (AvgIpc) is 2.97. The molecule has 0 N–H and O–H groups in total. The molecule has 1 unspecified atom stereocenters. The van der Waals surface area contributed by atoms with E-state index in [1.165, 1.54) is 6.20 Å². The topological polar surface area (TPSA) is 52.0 Å². The van der Waals surface area contributed by atoms with Crippen molar-refractivity contribution in [3.05, 3.63) is 39.8 Å². The number of thiophene rings is 1. The summed E-state index contributed by atoms with van der Waals surface area (Å²) in [7, 11) is 1.76. The molecule has 0 saturated heterocycles. The number of carbonyl (C=O) groups is 2. The molecule has 1 aliphatic rings. The minimum Gasteiger partial charge on any atom is -0.293 e. The van der Waals surface area contributed by atoms with Crippen molar-refractivity contribution in [2.24, 2.45) is 13.0 Å². The zero-order valence-corrected chi connectivity index (χ0v) is 10.7. The van der Waals surface area contributed by atoms with Crippen LogP contribution < -0.4 is 0 Å². The maximum absolute atomic E-state index is 12.3. The standard InChI is InChI=1S/C13H12N2O2S/c1-15-7-8(6-14-15)12(16)10-2-3-11-9(13(10)17)4-5-18-11/h4-7,10H,2-3H2,1H3. The van der Waals surface area contributed by atoms with Crippen LogP contribution in [0.25, 0.3) is 0 Å². The summed E-state index contributed by atoms with van der Waals surface area (Å²) in [6.45, 7) is 0. The predicted octanol–water partition coefficient (Wildman–Crippen LogP) is 2.11. The molecule has 3 rings (SSSR count). The maximum Gasteiger partial charge on any atom is 0.176 e. The van der Waals surface area contributed by atoms with Gasteiger partial charge in [-0.3, -0.25) is 14.3 Å². The molecule has 0 spiro atoms. The number of rotatable bonds is 2. The normalized spacial score (nSPS) is 18.7. The third kappa shape index (κ3) is 1.71. The number of aromatic nitrogens is 2. The number of hydrogen-bond donors (Lipinski definition) is 0. The molecule has 5 heteroatoms. The Balaban J connectivity index is 1.91. The number of nitrogens with zero attached hydrogens (tertiary/aromatic N) is 2.